The number of aliphatic imine (C=N–C) groups is 1. The molecule has 1 aromatic carbocycles. The van der Waals surface area contributed by atoms with Crippen LogP contribution in [0.5, 0.6) is 0 Å². The van der Waals surface area contributed by atoms with Crippen LogP contribution in [0.25, 0.3) is 0 Å². The molecule has 84 valence electrons. The van der Waals surface area contributed by atoms with Gasteiger partial charge in [0, 0.05) is 11.8 Å². The zero-order valence-electron chi connectivity index (χ0n) is 8.51. The smallest absolute Gasteiger partial charge is 0.274 e. The van der Waals surface area contributed by atoms with Crippen molar-refractivity contribution in [1.82, 2.24) is 0 Å². The Hall–Kier alpha value is -1.43. The maximum Gasteiger partial charge on any atom is 0.274 e. The lowest BCUT2D eigenvalue weighted by Crippen LogP contribution is -2.01. The van der Waals surface area contributed by atoms with E-state index in [0.29, 0.717) is 11.3 Å². The van der Waals surface area contributed by atoms with Gasteiger partial charge in [-0.05, 0) is 19.1 Å². The molecule has 0 spiro atoms. The third kappa shape index (κ3) is 2.06. The number of nitrogens with zero attached hydrogens (tertiary/aromatic N) is 2. The first-order valence-electron chi connectivity index (χ1n) is 4.69. The topological polar surface area (TPSA) is 55.5 Å². The predicted octanol–water partition coefficient (Wildman–Crippen LogP) is 2.94. The van der Waals surface area contributed by atoms with Crippen LogP contribution in [0.2, 0.25) is 0 Å². The van der Waals surface area contributed by atoms with Crippen LogP contribution in [0.15, 0.2) is 23.2 Å². The van der Waals surface area contributed by atoms with Crippen LogP contribution >= 0.6 is 11.8 Å². The second-order valence-electron chi connectivity index (χ2n) is 3.44. The quantitative estimate of drug-likeness (QED) is 0.590. The van der Waals surface area contributed by atoms with Gasteiger partial charge in [0.1, 0.15) is 5.82 Å². The first kappa shape index (κ1) is 11.1. The van der Waals surface area contributed by atoms with E-state index in [1.807, 2.05) is 6.92 Å². The summed E-state index contributed by atoms with van der Waals surface area (Å²) in [6.45, 7) is 1.84. The van der Waals surface area contributed by atoms with E-state index in [2.05, 4.69) is 4.99 Å². The molecule has 1 aliphatic rings. The van der Waals surface area contributed by atoms with Gasteiger partial charge < -0.3 is 0 Å². The van der Waals surface area contributed by atoms with Crippen LogP contribution in [0.1, 0.15) is 18.5 Å². The number of nitro groups is 1. The Kier molecular flexibility index (Phi) is 2.91. The Morgan fingerprint density at radius 2 is 2.38 bits per heavy atom. The summed E-state index contributed by atoms with van der Waals surface area (Å²) < 4.78 is 13.1. The molecule has 1 aliphatic heterocycles. The molecule has 2 rings (SSSR count). The van der Waals surface area contributed by atoms with Gasteiger partial charge in [0.25, 0.3) is 5.69 Å². The van der Waals surface area contributed by atoms with Crippen molar-refractivity contribution in [3.05, 3.63) is 39.7 Å². The Morgan fingerprint density at radius 1 is 1.62 bits per heavy atom. The molecule has 0 saturated carbocycles. The minimum Gasteiger partial charge on any atom is -0.274 e. The SMILES string of the molecule is CC1=NC(c2cc(F)ccc2[N+](=O)[O-])CS1. The molecule has 4 nitrogen and oxygen atoms in total. The molecular weight excluding hydrogens is 231 g/mol. The highest BCUT2D eigenvalue weighted by molar-refractivity contribution is 8.14. The van der Waals surface area contributed by atoms with Crippen molar-refractivity contribution in [2.45, 2.75) is 13.0 Å². The molecule has 6 heteroatoms. The molecule has 0 aromatic heterocycles. The Morgan fingerprint density at radius 3 is 2.94 bits per heavy atom. The Balaban J connectivity index is 2.46. The van der Waals surface area contributed by atoms with E-state index in [-0.39, 0.29) is 11.7 Å². The monoisotopic (exact) mass is 240 g/mol. The van der Waals surface area contributed by atoms with Crippen LogP contribution in [0.4, 0.5) is 10.1 Å². The molecule has 1 heterocycles. The summed E-state index contributed by atoms with van der Waals surface area (Å²) in [6, 6.07) is 3.19. The molecule has 0 aliphatic carbocycles. The summed E-state index contributed by atoms with van der Waals surface area (Å²) in [4.78, 5) is 14.6. The van der Waals surface area contributed by atoms with E-state index in [4.69, 9.17) is 0 Å². The highest BCUT2D eigenvalue weighted by Crippen LogP contribution is 2.35. The molecule has 0 radical (unpaired) electrons. The zero-order valence-corrected chi connectivity index (χ0v) is 9.33. The lowest BCUT2D eigenvalue weighted by Gasteiger charge is -2.06. The molecule has 0 fully saturated rings. The number of benzene rings is 1. The number of hydrogen-bond acceptors (Lipinski definition) is 4. The molecule has 0 bridgehead atoms. The average molecular weight is 240 g/mol. The van der Waals surface area contributed by atoms with E-state index in [9.17, 15) is 14.5 Å². The molecule has 0 N–H and O–H groups in total. The summed E-state index contributed by atoms with van der Waals surface area (Å²) in [6.07, 6.45) is 0. The van der Waals surface area contributed by atoms with Crippen LogP contribution in [0, 0.1) is 15.9 Å². The van der Waals surface area contributed by atoms with E-state index in [1.54, 1.807) is 0 Å². The van der Waals surface area contributed by atoms with Gasteiger partial charge in [0.15, 0.2) is 0 Å². The van der Waals surface area contributed by atoms with E-state index >= 15 is 0 Å². The lowest BCUT2D eigenvalue weighted by molar-refractivity contribution is -0.385. The largest absolute Gasteiger partial charge is 0.274 e. The van der Waals surface area contributed by atoms with Crippen LogP contribution in [-0.2, 0) is 0 Å². The van der Waals surface area contributed by atoms with Gasteiger partial charge in [-0.3, -0.25) is 15.1 Å². The predicted molar refractivity (Wildman–Crippen MR) is 61.4 cm³/mol. The molecule has 0 saturated heterocycles. The van der Waals surface area contributed by atoms with Crippen molar-refractivity contribution in [2.75, 3.05) is 5.75 Å². The molecule has 1 atom stereocenters. The van der Waals surface area contributed by atoms with Crippen molar-refractivity contribution >= 4 is 22.5 Å². The standard InChI is InChI=1S/C10H9FN2O2S/c1-6-12-9(5-16-6)8-4-7(11)2-3-10(8)13(14)15/h2-4,9H,5H2,1H3. The molecule has 0 amide bonds. The number of halogens is 1. The van der Waals surface area contributed by atoms with Gasteiger partial charge in [0.2, 0.25) is 0 Å². The van der Waals surface area contributed by atoms with Crippen molar-refractivity contribution in [3.63, 3.8) is 0 Å². The van der Waals surface area contributed by atoms with Crippen molar-refractivity contribution in [1.29, 1.82) is 0 Å². The minimum absolute atomic E-state index is 0.0644. The van der Waals surface area contributed by atoms with E-state index in [0.717, 1.165) is 11.1 Å². The van der Waals surface area contributed by atoms with E-state index in [1.165, 1.54) is 23.9 Å². The van der Waals surface area contributed by atoms with Crippen molar-refractivity contribution in [3.8, 4) is 0 Å². The first-order chi connectivity index (χ1) is 7.58. The van der Waals surface area contributed by atoms with Crippen molar-refractivity contribution < 1.29 is 9.31 Å². The highest BCUT2D eigenvalue weighted by atomic mass is 32.2. The second kappa shape index (κ2) is 4.21. The number of thioether (sulfide) groups is 1. The second-order valence-corrected chi connectivity index (χ2v) is 4.65. The first-order valence-corrected chi connectivity index (χ1v) is 5.67. The van der Waals surface area contributed by atoms with Gasteiger partial charge >= 0.3 is 0 Å². The van der Waals surface area contributed by atoms with Crippen LogP contribution in [0.3, 0.4) is 0 Å². The summed E-state index contributed by atoms with van der Waals surface area (Å²) in [5.74, 6) is 0.168. The fourth-order valence-electron chi connectivity index (χ4n) is 1.61. The van der Waals surface area contributed by atoms with Crippen LogP contribution < -0.4 is 0 Å². The number of rotatable bonds is 2. The maximum absolute atomic E-state index is 13.1. The Bertz CT molecular complexity index is 476. The summed E-state index contributed by atoms with van der Waals surface area (Å²) >= 11 is 1.53. The van der Waals surface area contributed by atoms with Gasteiger partial charge in [0.05, 0.1) is 21.6 Å². The van der Waals surface area contributed by atoms with Gasteiger partial charge in [-0.25, -0.2) is 4.39 Å². The minimum atomic E-state index is -0.497. The Labute approximate surface area is 95.7 Å². The highest BCUT2D eigenvalue weighted by Gasteiger charge is 2.25. The molecule has 1 unspecified atom stereocenters. The normalized spacial score (nSPS) is 19.6. The zero-order chi connectivity index (χ0) is 11.7. The third-order valence-corrected chi connectivity index (χ3v) is 3.34. The van der Waals surface area contributed by atoms with Gasteiger partial charge in [-0.2, -0.15) is 0 Å². The van der Waals surface area contributed by atoms with Crippen LogP contribution in [-0.4, -0.2) is 15.7 Å². The number of nitro benzene ring substituents is 1. The molecule has 16 heavy (non-hydrogen) atoms. The fraction of sp³-hybridized carbons (Fsp3) is 0.300. The fourth-order valence-corrected chi connectivity index (χ4v) is 2.47. The summed E-state index contributed by atoms with van der Waals surface area (Å²) in [7, 11) is 0. The van der Waals surface area contributed by atoms with Gasteiger partial charge in [-0.15, -0.1) is 11.8 Å². The van der Waals surface area contributed by atoms with E-state index < -0.39 is 10.7 Å². The summed E-state index contributed by atoms with van der Waals surface area (Å²) in [5.41, 5.74) is 0.291. The lowest BCUT2D eigenvalue weighted by atomic mass is 10.1. The van der Waals surface area contributed by atoms with Gasteiger partial charge in [-0.1, -0.05) is 0 Å². The summed E-state index contributed by atoms with van der Waals surface area (Å²) in [5, 5.41) is 11.7. The molecular formula is C10H9FN2O2S. The third-order valence-electron chi connectivity index (χ3n) is 2.33. The number of hydrogen-bond donors (Lipinski definition) is 0. The maximum atomic E-state index is 13.1. The van der Waals surface area contributed by atoms with Crippen molar-refractivity contribution in [2.24, 2.45) is 4.99 Å². The molecule has 1 aromatic rings. The average Bonchev–Trinajstić information content (AvgIpc) is 2.64.